The van der Waals surface area contributed by atoms with E-state index in [-0.39, 0.29) is 5.91 Å². The van der Waals surface area contributed by atoms with Crippen LogP contribution < -0.4 is 5.32 Å². The van der Waals surface area contributed by atoms with Gasteiger partial charge in [0, 0.05) is 28.7 Å². The predicted molar refractivity (Wildman–Crippen MR) is 83.6 cm³/mol. The predicted octanol–water partition coefficient (Wildman–Crippen LogP) is 3.46. The molecular formula is C15H20Cl2N2O. The number of carbonyl (C=O) groups is 1. The topological polar surface area (TPSA) is 32.3 Å². The number of hydrogen-bond acceptors (Lipinski definition) is 2. The van der Waals surface area contributed by atoms with E-state index in [2.05, 4.69) is 5.32 Å². The summed E-state index contributed by atoms with van der Waals surface area (Å²) in [6.07, 6.45) is 2.25. The zero-order valence-corrected chi connectivity index (χ0v) is 13.2. The molecule has 0 unspecified atom stereocenters. The molecular weight excluding hydrogens is 295 g/mol. The SMILES string of the molecule is CCN(CC1CCNCC1)C(=O)c1cc(Cl)cc(Cl)c1. The van der Waals surface area contributed by atoms with E-state index in [9.17, 15) is 4.79 Å². The van der Waals surface area contributed by atoms with Gasteiger partial charge in [-0.3, -0.25) is 4.79 Å². The molecule has 0 radical (unpaired) electrons. The summed E-state index contributed by atoms with van der Waals surface area (Å²) in [6.45, 7) is 5.60. The molecule has 1 heterocycles. The van der Waals surface area contributed by atoms with E-state index < -0.39 is 0 Å². The van der Waals surface area contributed by atoms with Crippen molar-refractivity contribution in [2.24, 2.45) is 5.92 Å². The largest absolute Gasteiger partial charge is 0.339 e. The van der Waals surface area contributed by atoms with Crippen LogP contribution in [0.25, 0.3) is 0 Å². The van der Waals surface area contributed by atoms with Crippen molar-refractivity contribution in [3.05, 3.63) is 33.8 Å². The third kappa shape index (κ3) is 4.11. The van der Waals surface area contributed by atoms with Crippen LogP contribution in [0.15, 0.2) is 18.2 Å². The van der Waals surface area contributed by atoms with Crippen LogP contribution in [0, 0.1) is 5.92 Å². The maximum atomic E-state index is 12.5. The van der Waals surface area contributed by atoms with Crippen LogP contribution in [-0.2, 0) is 0 Å². The summed E-state index contributed by atoms with van der Waals surface area (Å²) in [6, 6.07) is 5.00. The van der Waals surface area contributed by atoms with Crippen molar-refractivity contribution in [2.45, 2.75) is 19.8 Å². The van der Waals surface area contributed by atoms with Crippen LogP contribution in [0.2, 0.25) is 10.0 Å². The molecule has 1 aliphatic heterocycles. The van der Waals surface area contributed by atoms with Gasteiger partial charge >= 0.3 is 0 Å². The van der Waals surface area contributed by atoms with E-state index >= 15 is 0 Å². The molecule has 1 aromatic carbocycles. The Kier molecular flexibility index (Phi) is 5.70. The van der Waals surface area contributed by atoms with Gasteiger partial charge in [-0.25, -0.2) is 0 Å². The first-order valence-corrected chi connectivity index (χ1v) is 7.82. The Morgan fingerprint density at radius 1 is 1.25 bits per heavy atom. The highest BCUT2D eigenvalue weighted by molar-refractivity contribution is 6.35. The van der Waals surface area contributed by atoms with Gasteiger partial charge < -0.3 is 10.2 Å². The van der Waals surface area contributed by atoms with Gasteiger partial charge in [0.15, 0.2) is 0 Å². The zero-order chi connectivity index (χ0) is 14.5. The summed E-state index contributed by atoms with van der Waals surface area (Å²) < 4.78 is 0. The normalized spacial score (nSPS) is 16.1. The molecule has 0 aliphatic carbocycles. The minimum absolute atomic E-state index is 0.00966. The molecule has 0 atom stereocenters. The Hall–Kier alpha value is -0.770. The van der Waals surface area contributed by atoms with E-state index in [1.54, 1.807) is 18.2 Å². The van der Waals surface area contributed by atoms with Gasteiger partial charge in [-0.1, -0.05) is 23.2 Å². The molecule has 0 spiro atoms. The van der Waals surface area contributed by atoms with Gasteiger partial charge in [0.1, 0.15) is 0 Å². The fourth-order valence-corrected chi connectivity index (χ4v) is 3.12. The monoisotopic (exact) mass is 314 g/mol. The number of halogens is 2. The van der Waals surface area contributed by atoms with Gasteiger partial charge in [0.2, 0.25) is 0 Å². The number of benzene rings is 1. The third-order valence-electron chi connectivity index (χ3n) is 3.72. The van der Waals surface area contributed by atoms with E-state index in [4.69, 9.17) is 23.2 Å². The molecule has 1 fully saturated rings. The summed E-state index contributed by atoms with van der Waals surface area (Å²) in [4.78, 5) is 14.4. The summed E-state index contributed by atoms with van der Waals surface area (Å²) in [5, 5.41) is 4.34. The Labute approximate surface area is 130 Å². The third-order valence-corrected chi connectivity index (χ3v) is 4.15. The van der Waals surface area contributed by atoms with Crippen LogP contribution in [-0.4, -0.2) is 37.0 Å². The molecule has 1 saturated heterocycles. The van der Waals surface area contributed by atoms with Crippen molar-refractivity contribution >= 4 is 29.1 Å². The summed E-state index contributed by atoms with van der Waals surface area (Å²) in [7, 11) is 0. The molecule has 0 bridgehead atoms. The summed E-state index contributed by atoms with van der Waals surface area (Å²) in [5.41, 5.74) is 0.568. The number of nitrogens with zero attached hydrogens (tertiary/aromatic N) is 1. The maximum Gasteiger partial charge on any atom is 0.253 e. The molecule has 20 heavy (non-hydrogen) atoms. The Bertz CT molecular complexity index is 453. The van der Waals surface area contributed by atoms with E-state index in [0.29, 0.717) is 28.1 Å². The number of amides is 1. The highest BCUT2D eigenvalue weighted by atomic mass is 35.5. The molecule has 1 aromatic rings. The minimum atomic E-state index is 0.00966. The standard InChI is InChI=1S/C15H20Cl2N2O/c1-2-19(10-11-3-5-18-6-4-11)15(20)12-7-13(16)9-14(17)8-12/h7-9,11,18H,2-6,10H2,1H3. The molecule has 2 rings (SSSR count). The lowest BCUT2D eigenvalue weighted by Crippen LogP contribution is -2.39. The smallest absolute Gasteiger partial charge is 0.253 e. The fraction of sp³-hybridized carbons (Fsp3) is 0.533. The molecule has 5 heteroatoms. The molecule has 3 nitrogen and oxygen atoms in total. The number of carbonyl (C=O) groups excluding carboxylic acids is 1. The van der Waals surface area contributed by atoms with Crippen LogP contribution >= 0.6 is 23.2 Å². The van der Waals surface area contributed by atoms with Gasteiger partial charge in [-0.2, -0.15) is 0 Å². The highest BCUT2D eigenvalue weighted by Gasteiger charge is 2.21. The summed E-state index contributed by atoms with van der Waals surface area (Å²) >= 11 is 11.9. The number of piperidine rings is 1. The quantitative estimate of drug-likeness (QED) is 0.923. The molecule has 1 aliphatic rings. The van der Waals surface area contributed by atoms with Crippen molar-refractivity contribution in [3.63, 3.8) is 0 Å². The van der Waals surface area contributed by atoms with Crippen molar-refractivity contribution < 1.29 is 4.79 Å². The fourth-order valence-electron chi connectivity index (χ4n) is 2.59. The minimum Gasteiger partial charge on any atom is -0.339 e. The van der Waals surface area contributed by atoms with E-state index in [0.717, 1.165) is 32.5 Å². The van der Waals surface area contributed by atoms with Gasteiger partial charge in [0.05, 0.1) is 0 Å². The molecule has 1 amide bonds. The number of nitrogens with one attached hydrogen (secondary N) is 1. The highest BCUT2D eigenvalue weighted by Crippen LogP contribution is 2.21. The second-order valence-corrected chi connectivity index (χ2v) is 6.07. The first-order chi connectivity index (χ1) is 9.60. The first-order valence-electron chi connectivity index (χ1n) is 7.06. The lowest BCUT2D eigenvalue weighted by molar-refractivity contribution is 0.0727. The van der Waals surface area contributed by atoms with Crippen LogP contribution in [0.4, 0.5) is 0 Å². The Morgan fingerprint density at radius 3 is 2.40 bits per heavy atom. The zero-order valence-electron chi connectivity index (χ0n) is 11.7. The van der Waals surface area contributed by atoms with Crippen molar-refractivity contribution in [3.8, 4) is 0 Å². The number of hydrogen-bond donors (Lipinski definition) is 1. The van der Waals surface area contributed by atoms with Crippen molar-refractivity contribution in [1.82, 2.24) is 10.2 Å². The number of rotatable bonds is 4. The molecule has 0 aromatic heterocycles. The average Bonchev–Trinajstić information content (AvgIpc) is 2.44. The van der Waals surface area contributed by atoms with E-state index in [1.807, 2.05) is 11.8 Å². The van der Waals surface area contributed by atoms with Crippen LogP contribution in [0.3, 0.4) is 0 Å². The first kappa shape index (κ1) is 15.6. The molecule has 110 valence electrons. The van der Waals surface area contributed by atoms with Crippen molar-refractivity contribution in [1.29, 1.82) is 0 Å². The second-order valence-electron chi connectivity index (χ2n) is 5.20. The lowest BCUT2D eigenvalue weighted by atomic mass is 9.97. The molecule has 1 N–H and O–H groups in total. The van der Waals surface area contributed by atoms with Gasteiger partial charge in [-0.05, 0) is 57.0 Å². The second kappa shape index (κ2) is 7.30. The van der Waals surface area contributed by atoms with Crippen molar-refractivity contribution in [2.75, 3.05) is 26.2 Å². The van der Waals surface area contributed by atoms with Gasteiger partial charge in [0.25, 0.3) is 5.91 Å². The maximum absolute atomic E-state index is 12.5. The Balaban J connectivity index is 2.07. The summed E-state index contributed by atoms with van der Waals surface area (Å²) in [5.74, 6) is 0.588. The average molecular weight is 315 g/mol. The Morgan fingerprint density at radius 2 is 1.85 bits per heavy atom. The van der Waals surface area contributed by atoms with Crippen LogP contribution in [0.1, 0.15) is 30.1 Å². The van der Waals surface area contributed by atoms with E-state index in [1.165, 1.54) is 0 Å². The van der Waals surface area contributed by atoms with Gasteiger partial charge in [-0.15, -0.1) is 0 Å². The molecule has 0 saturated carbocycles. The lowest BCUT2D eigenvalue weighted by Gasteiger charge is -2.29. The van der Waals surface area contributed by atoms with Crippen LogP contribution in [0.5, 0.6) is 0 Å².